The first-order valence-corrected chi connectivity index (χ1v) is 7.36. The second kappa shape index (κ2) is 7.28. The average Bonchev–Trinajstić information content (AvgIpc) is 2.46. The first-order valence-electron chi connectivity index (χ1n) is 7.36. The Bertz CT molecular complexity index is 413. The number of aliphatic carboxylic acids is 1. The quantitative estimate of drug-likeness (QED) is 0.699. The van der Waals surface area contributed by atoms with Crippen LogP contribution in [0.15, 0.2) is 0 Å². The monoisotopic (exact) mass is 299 g/mol. The van der Waals surface area contributed by atoms with Crippen molar-refractivity contribution in [3.8, 4) is 0 Å². The molecule has 1 rings (SSSR count). The maximum absolute atomic E-state index is 12.3. The molecule has 1 heterocycles. The van der Waals surface area contributed by atoms with E-state index in [1.165, 1.54) is 11.8 Å². The van der Waals surface area contributed by atoms with Crippen LogP contribution in [0, 0.1) is 5.92 Å². The van der Waals surface area contributed by atoms with Gasteiger partial charge < -0.3 is 20.6 Å². The molecule has 1 aliphatic rings. The van der Waals surface area contributed by atoms with Crippen molar-refractivity contribution in [2.24, 2.45) is 5.92 Å². The van der Waals surface area contributed by atoms with Crippen LogP contribution in [0.1, 0.15) is 39.5 Å². The van der Waals surface area contributed by atoms with Gasteiger partial charge in [0, 0.05) is 20.1 Å². The number of likely N-dealkylation sites (tertiary alicyclic amines) is 1. The number of piperidine rings is 1. The van der Waals surface area contributed by atoms with E-state index in [9.17, 15) is 19.5 Å². The summed E-state index contributed by atoms with van der Waals surface area (Å²) in [6.45, 7) is 4.25. The molecule has 0 spiro atoms. The maximum atomic E-state index is 12.3. The third kappa shape index (κ3) is 4.34. The summed E-state index contributed by atoms with van der Waals surface area (Å²) in [7, 11) is 1.57. The van der Waals surface area contributed by atoms with Crippen molar-refractivity contribution >= 4 is 17.9 Å². The van der Waals surface area contributed by atoms with E-state index in [-0.39, 0.29) is 11.8 Å². The number of hydrogen-bond donors (Lipinski definition) is 3. The van der Waals surface area contributed by atoms with Gasteiger partial charge in [-0.25, -0.2) is 9.59 Å². The first-order chi connectivity index (χ1) is 9.84. The zero-order valence-corrected chi connectivity index (χ0v) is 12.9. The smallest absolute Gasteiger partial charge is 0.329 e. The highest BCUT2D eigenvalue weighted by Gasteiger charge is 2.36. The van der Waals surface area contributed by atoms with Gasteiger partial charge in [0.25, 0.3) is 0 Å². The molecule has 120 valence electrons. The molecule has 0 aromatic carbocycles. The van der Waals surface area contributed by atoms with Crippen molar-refractivity contribution < 1.29 is 19.5 Å². The second-order valence-electron chi connectivity index (χ2n) is 5.72. The molecule has 21 heavy (non-hydrogen) atoms. The number of rotatable bonds is 5. The molecule has 1 saturated heterocycles. The molecule has 0 radical (unpaired) electrons. The van der Waals surface area contributed by atoms with Crippen LogP contribution in [0.2, 0.25) is 0 Å². The van der Waals surface area contributed by atoms with Crippen molar-refractivity contribution in [3.05, 3.63) is 0 Å². The molecule has 0 aromatic rings. The minimum Gasteiger partial charge on any atom is -0.480 e. The average molecular weight is 299 g/mol. The summed E-state index contributed by atoms with van der Waals surface area (Å²) in [6, 6.07) is -0.415. The summed E-state index contributed by atoms with van der Waals surface area (Å²) in [6.07, 6.45) is 2.50. The number of carbonyl (C=O) groups is 3. The predicted molar refractivity (Wildman–Crippen MR) is 77.8 cm³/mol. The fourth-order valence-corrected chi connectivity index (χ4v) is 2.62. The number of nitrogens with one attached hydrogen (secondary N) is 2. The Hall–Kier alpha value is -1.79. The molecule has 2 unspecified atom stereocenters. The van der Waals surface area contributed by atoms with E-state index in [2.05, 4.69) is 10.6 Å². The third-order valence-electron chi connectivity index (χ3n) is 3.93. The molecular formula is C14H25N3O4. The number of nitrogens with zero attached hydrogens (tertiary/aromatic N) is 1. The van der Waals surface area contributed by atoms with Crippen molar-refractivity contribution in [1.29, 1.82) is 0 Å². The standard InChI is InChI=1S/C14H25N3O4/c1-4-7-14(2,12(19)20)16-13(21)17-8-5-6-10(9-17)11(18)15-3/h10H,4-9H2,1-3H3,(H,15,18)(H,16,21)(H,19,20). The number of carboxylic acids is 1. The lowest BCUT2D eigenvalue weighted by Crippen LogP contribution is -2.58. The molecule has 3 N–H and O–H groups in total. The van der Waals surface area contributed by atoms with Gasteiger partial charge in [-0.3, -0.25) is 4.79 Å². The van der Waals surface area contributed by atoms with Gasteiger partial charge in [0.15, 0.2) is 0 Å². The van der Waals surface area contributed by atoms with Gasteiger partial charge in [-0.15, -0.1) is 0 Å². The Labute approximate surface area is 125 Å². The molecule has 0 saturated carbocycles. The maximum Gasteiger partial charge on any atom is 0.329 e. The number of hydrogen-bond acceptors (Lipinski definition) is 3. The number of urea groups is 1. The summed E-state index contributed by atoms with van der Waals surface area (Å²) in [5.41, 5.74) is -1.27. The molecule has 2 atom stereocenters. The Morgan fingerprint density at radius 2 is 2.05 bits per heavy atom. The Morgan fingerprint density at radius 3 is 2.57 bits per heavy atom. The summed E-state index contributed by atoms with van der Waals surface area (Å²) in [5, 5.41) is 14.5. The van der Waals surface area contributed by atoms with Gasteiger partial charge in [0.2, 0.25) is 5.91 Å². The molecule has 3 amide bonds. The van der Waals surface area contributed by atoms with Gasteiger partial charge in [-0.05, 0) is 26.2 Å². The van der Waals surface area contributed by atoms with Crippen LogP contribution < -0.4 is 10.6 Å². The van der Waals surface area contributed by atoms with Gasteiger partial charge in [-0.2, -0.15) is 0 Å². The van der Waals surface area contributed by atoms with Crippen LogP contribution in [0.25, 0.3) is 0 Å². The molecule has 1 fully saturated rings. The molecule has 7 nitrogen and oxygen atoms in total. The summed E-state index contributed by atoms with van der Waals surface area (Å²) < 4.78 is 0. The van der Waals surface area contributed by atoms with Crippen LogP contribution in [0.4, 0.5) is 4.79 Å². The van der Waals surface area contributed by atoms with E-state index in [1.807, 2.05) is 6.92 Å². The lowest BCUT2D eigenvalue weighted by Gasteiger charge is -2.35. The highest BCUT2D eigenvalue weighted by Crippen LogP contribution is 2.18. The highest BCUT2D eigenvalue weighted by atomic mass is 16.4. The Morgan fingerprint density at radius 1 is 1.38 bits per heavy atom. The number of amides is 3. The molecule has 0 bridgehead atoms. The predicted octanol–water partition coefficient (Wildman–Crippen LogP) is 0.797. The fraction of sp³-hybridized carbons (Fsp3) is 0.786. The summed E-state index contributed by atoms with van der Waals surface area (Å²) in [5.74, 6) is -1.35. The molecular weight excluding hydrogens is 274 g/mol. The van der Waals surface area contributed by atoms with Crippen molar-refractivity contribution in [3.63, 3.8) is 0 Å². The topological polar surface area (TPSA) is 98.7 Å². The fourth-order valence-electron chi connectivity index (χ4n) is 2.62. The normalized spacial score (nSPS) is 21.3. The summed E-state index contributed by atoms with van der Waals surface area (Å²) in [4.78, 5) is 36.8. The van der Waals surface area contributed by atoms with E-state index < -0.39 is 17.5 Å². The molecule has 0 aliphatic carbocycles. The molecule has 0 aromatic heterocycles. The van der Waals surface area contributed by atoms with E-state index in [4.69, 9.17) is 0 Å². The minimum absolute atomic E-state index is 0.0814. The zero-order valence-electron chi connectivity index (χ0n) is 12.9. The van der Waals surface area contributed by atoms with E-state index in [1.54, 1.807) is 7.05 Å². The van der Waals surface area contributed by atoms with E-state index in [0.717, 1.165) is 12.8 Å². The number of carboxylic acid groups (broad SMARTS) is 1. The van der Waals surface area contributed by atoms with Gasteiger partial charge in [-0.1, -0.05) is 13.3 Å². The first kappa shape index (κ1) is 17.3. The van der Waals surface area contributed by atoms with Gasteiger partial charge in [0.1, 0.15) is 5.54 Å². The largest absolute Gasteiger partial charge is 0.480 e. The van der Waals surface area contributed by atoms with Crippen molar-refractivity contribution in [1.82, 2.24) is 15.5 Å². The van der Waals surface area contributed by atoms with E-state index >= 15 is 0 Å². The van der Waals surface area contributed by atoms with Crippen LogP contribution in [0.3, 0.4) is 0 Å². The lowest BCUT2D eigenvalue weighted by atomic mass is 9.95. The van der Waals surface area contributed by atoms with E-state index in [0.29, 0.717) is 25.9 Å². The third-order valence-corrected chi connectivity index (χ3v) is 3.93. The SMILES string of the molecule is CCCC(C)(NC(=O)N1CCCC(C(=O)NC)C1)C(=O)O. The van der Waals surface area contributed by atoms with Crippen LogP contribution >= 0.6 is 0 Å². The van der Waals surface area contributed by atoms with Gasteiger partial charge in [0.05, 0.1) is 5.92 Å². The Balaban J connectivity index is 2.69. The second-order valence-corrected chi connectivity index (χ2v) is 5.72. The lowest BCUT2D eigenvalue weighted by molar-refractivity contribution is -0.144. The molecule has 1 aliphatic heterocycles. The van der Waals surface area contributed by atoms with Crippen molar-refractivity contribution in [2.75, 3.05) is 20.1 Å². The van der Waals surface area contributed by atoms with Gasteiger partial charge >= 0.3 is 12.0 Å². The Kier molecular flexibility index (Phi) is 5.99. The molecule has 7 heteroatoms. The van der Waals surface area contributed by atoms with Crippen LogP contribution in [-0.2, 0) is 9.59 Å². The highest BCUT2D eigenvalue weighted by molar-refractivity contribution is 5.86. The number of carbonyl (C=O) groups excluding carboxylic acids is 2. The van der Waals surface area contributed by atoms with Crippen LogP contribution in [0.5, 0.6) is 0 Å². The van der Waals surface area contributed by atoms with Crippen molar-refractivity contribution in [2.45, 2.75) is 45.1 Å². The zero-order chi connectivity index (χ0) is 16.0. The summed E-state index contributed by atoms with van der Waals surface area (Å²) >= 11 is 0. The van der Waals surface area contributed by atoms with Crippen LogP contribution in [-0.4, -0.2) is 53.6 Å². The minimum atomic E-state index is -1.27.